The summed E-state index contributed by atoms with van der Waals surface area (Å²) in [5, 5.41) is 0. The van der Waals surface area contributed by atoms with Crippen molar-refractivity contribution in [1.82, 2.24) is 0 Å². The number of hydrogen-bond donors (Lipinski definition) is 0. The van der Waals surface area contributed by atoms with Crippen molar-refractivity contribution >= 4 is 6.08 Å². The van der Waals surface area contributed by atoms with Gasteiger partial charge in [-0.2, -0.15) is 0 Å². The zero-order valence-electron chi connectivity index (χ0n) is 17.4. The summed E-state index contributed by atoms with van der Waals surface area (Å²) in [6.07, 6.45) is 21.7. The Balaban J connectivity index is 1.71. The second kappa shape index (κ2) is 9.22. The summed E-state index contributed by atoms with van der Waals surface area (Å²) in [6, 6.07) is 4.97. The van der Waals surface area contributed by atoms with Crippen molar-refractivity contribution < 1.29 is 0 Å². The molecule has 0 heteroatoms. The van der Waals surface area contributed by atoms with Gasteiger partial charge < -0.3 is 0 Å². The number of hydrogen-bond acceptors (Lipinski definition) is 0. The van der Waals surface area contributed by atoms with Gasteiger partial charge in [0.15, 0.2) is 0 Å². The summed E-state index contributed by atoms with van der Waals surface area (Å²) in [4.78, 5) is 0. The van der Waals surface area contributed by atoms with Crippen LogP contribution in [0.15, 0.2) is 65.8 Å². The lowest BCUT2D eigenvalue weighted by Crippen LogP contribution is -2.05. The standard InChI is InChI=1S/C27H34/c1-5-6-7-10-20(2)11-8-12-23-15-21(3)16-26-18-24-13-9-14-25(24)19-27(26)17-22(23)4/h5-7,10,15,17-19,21H,2,8-9,11-14,16H2,1,3-4H3. The average Bonchev–Trinajstić information content (AvgIpc) is 3.07. The van der Waals surface area contributed by atoms with Crippen molar-refractivity contribution in [3.63, 3.8) is 0 Å². The van der Waals surface area contributed by atoms with Crippen LogP contribution < -0.4 is 0 Å². The number of fused-ring (bicyclic) bond motifs is 2. The molecular weight excluding hydrogens is 324 g/mol. The molecule has 0 aliphatic heterocycles. The highest BCUT2D eigenvalue weighted by atomic mass is 14.2. The van der Waals surface area contributed by atoms with E-state index < -0.39 is 0 Å². The van der Waals surface area contributed by atoms with Crippen LogP contribution in [-0.2, 0) is 19.3 Å². The molecule has 0 aromatic heterocycles. The molecule has 0 radical (unpaired) electrons. The van der Waals surface area contributed by atoms with Gasteiger partial charge >= 0.3 is 0 Å². The molecule has 0 heterocycles. The average molecular weight is 359 g/mol. The van der Waals surface area contributed by atoms with E-state index in [1.165, 1.54) is 48.0 Å². The van der Waals surface area contributed by atoms with E-state index >= 15 is 0 Å². The summed E-state index contributed by atoms with van der Waals surface area (Å²) in [6.45, 7) is 10.9. The predicted molar refractivity (Wildman–Crippen MR) is 120 cm³/mol. The van der Waals surface area contributed by atoms with E-state index in [-0.39, 0.29) is 0 Å². The SMILES string of the molecule is C=C(C=CC=CC)CCCC1=CC(C)Cc2cc3c(cc2C=C1C)CCC3. The van der Waals surface area contributed by atoms with Gasteiger partial charge in [-0.25, -0.2) is 0 Å². The van der Waals surface area contributed by atoms with Crippen LogP contribution in [0.25, 0.3) is 6.08 Å². The topological polar surface area (TPSA) is 0 Å². The maximum absolute atomic E-state index is 4.18. The van der Waals surface area contributed by atoms with Crippen LogP contribution in [0.1, 0.15) is 68.7 Å². The molecule has 0 fully saturated rings. The Hall–Kier alpha value is -2.08. The van der Waals surface area contributed by atoms with Crippen LogP contribution in [0.3, 0.4) is 0 Å². The summed E-state index contributed by atoms with van der Waals surface area (Å²) in [5.41, 5.74) is 10.4. The molecule has 1 aromatic carbocycles. The molecular formula is C27H34. The highest BCUT2D eigenvalue weighted by Crippen LogP contribution is 2.32. The van der Waals surface area contributed by atoms with Gasteiger partial charge in [-0.05, 0) is 98.1 Å². The molecule has 142 valence electrons. The highest BCUT2D eigenvalue weighted by molar-refractivity contribution is 5.64. The Morgan fingerprint density at radius 3 is 2.70 bits per heavy atom. The van der Waals surface area contributed by atoms with Crippen LogP contribution in [-0.4, -0.2) is 0 Å². The van der Waals surface area contributed by atoms with Gasteiger partial charge in [-0.3, -0.25) is 0 Å². The third kappa shape index (κ3) is 5.22. The first-order valence-electron chi connectivity index (χ1n) is 10.6. The second-order valence-corrected chi connectivity index (χ2v) is 8.27. The van der Waals surface area contributed by atoms with E-state index in [1.807, 2.05) is 13.0 Å². The number of allylic oxidation sites excluding steroid dienone is 8. The fourth-order valence-corrected chi connectivity index (χ4v) is 4.38. The molecule has 0 bridgehead atoms. The van der Waals surface area contributed by atoms with E-state index in [1.54, 1.807) is 16.7 Å². The number of rotatable bonds is 6. The molecule has 27 heavy (non-hydrogen) atoms. The van der Waals surface area contributed by atoms with Crippen LogP contribution in [0, 0.1) is 5.92 Å². The van der Waals surface area contributed by atoms with E-state index in [2.05, 4.69) is 62.9 Å². The van der Waals surface area contributed by atoms with Crippen LogP contribution in [0.4, 0.5) is 0 Å². The predicted octanol–water partition coefficient (Wildman–Crippen LogP) is 7.56. The third-order valence-electron chi connectivity index (χ3n) is 5.84. The zero-order valence-corrected chi connectivity index (χ0v) is 17.4. The molecule has 2 aliphatic carbocycles. The first kappa shape index (κ1) is 19.7. The summed E-state index contributed by atoms with van der Waals surface area (Å²) in [7, 11) is 0. The van der Waals surface area contributed by atoms with Crippen LogP contribution in [0.5, 0.6) is 0 Å². The van der Waals surface area contributed by atoms with E-state index in [4.69, 9.17) is 0 Å². The van der Waals surface area contributed by atoms with Crippen molar-refractivity contribution in [3.8, 4) is 0 Å². The lowest BCUT2D eigenvalue weighted by Gasteiger charge is -2.19. The van der Waals surface area contributed by atoms with Crippen molar-refractivity contribution in [1.29, 1.82) is 0 Å². The minimum Gasteiger partial charge on any atom is -0.0958 e. The molecule has 2 aliphatic rings. The van der Waals surface area contributed by atoms with Gasteiger partial charge in [0, 0.05) is 0 Å². The lowest BCUT2D eigenvalue weighted by molar-refractivity contribution is 0.703. The normalized spacial score (nSPS) is 19.4. The molecule has 0 N–H and O–H groups in total. The molecule has 1 atom stereocenters. The number of aryl methyl sites for hydroxylation is 2. The molecule has 1 aromatic rings. The summed E-state index contributed by atoms with van der Waals surface area (Å²) >= 11 is 0. The molecule has 3 rings (SSSR count). The largest absolute Gasteiger partial charge is 0.0958 e. The molecule has 0 saturated heterocycles. The van der Waals surface area contributed by atoms with Gasteiger partial charge in [0.05, 0.1) is 0 Å². The minimum atomic E-state index is 0.597. The molecule has 0 saturated carbocycles. The fraction of sp³-hybridized carbons (Fsp3) is 0.407. The monoisotopic (exact) mass is 358 g/mol. The first-order valence-corrected chi connectivity index (χ1v) is 10.6. The van der Waals surface area contributed by atoms with Gasteiger partial charge in [0.25, 0.3) is 0 Å². The Morgan fingerprint density at radius 1 is 1.15 bits per heavy atom. The van der Waals surface area contributed by atoms with Crippen molar-refractivity contribution in [2.75, 3.05) is 0 Å². The third-order valence-corrected chi connectivity index (χ3v) is 5.84. The quantitative estimate of drug-likeness (QED) is 0.460. The van der Waals surface area contributed by atoms with E-state index in [0.717, 1.165) is 19.3 Å². The van der Waals surface area contributed by atoms with E-state index in [9.17, 15) is 0 Å². The molecule has 0 amide bonds. The van der Waals surface area contributed by atoms with Gasteiger partial charge in [0.2, 0.25) is 0 Å². The minimum absolute atomic E-state index is 0.597. The van der Waals surface area contributed by atoms with Crippen molar-refractivity contribution in [2.45, 2.75) is 65.7 Å². The smallest absolute Gasteiger partial charge is 0.0212 e. The first-order chi connectivity index (χ1) is 13.1. The Labute approximate surface area is 166 Å². The highest BCUT2D eigenvalue weighted by Gasteiger charge is 2.17. The maximum Gasteiger partial charge on any atom is -0.0212 e. The Morgan fingerprint density at radius 2 is 1.93 bits per heavy atom. The summed E-state index contributed by atoms with van der Waals surface area (Å²) in [5.74, 6) is 0.597. The molecule has 0 spiro atoms. The van der Waals surface area contributed by atoms with Gasteiger partial charge in [-0.15, -0.1) is 0 Å². The van der Waals surface area contributed by atoms with Crippen molar-refractivity contribution in [2.24, 2.45) is 5.92 Å². The maximum atomic E-state index is 4.18. The second-order valence-electron chi connectivity index (χ2n) is 8.27. The number of benzene rings is 1. The Bertz CT molecular complexity index is 811. The molecule has 1 unspecified atom stereocenters. The van der Waals surface area contributed by atoms with Gasteiger partial charge in [0.1, 0.15) is 0 Å². The van der Waals surface area contributed by atoms with Crippen LogP contribution in [0.2, 0.25) is 0 Å². The van der Waals surface area contributed by atoms with Gasteiger partial charge in [-0.1, -0.05) is 67.7 Å². The lowest BCUT2D eigenvalue weighted by atomic mass is 9.86. The zero-order chi connectivity index (χ0) is 19.2. The van der Waals surface area contributed by atoms with E-state index in [0.29, 0.717) is 5.92 Å². The Kier molecular flexibility index (Phi) is 6.72. The van der Waals surface area contributed by atoms with Crippen LogP contribution >= 0.6 is 0 Å². The fourth-order valence-electron chi connectivity index (χ4n) is 4.38. The summed E-state index contributed by atoms with van der Waals surface area (Å²) < 4.78 is 0. The molecule has 0 nitrogen and oxygen atoms in total. The van der Waals surface area contributed by atoms with Crippen molar-refractivity contribution in [3.05, 3.63) is 88.1 Å².